The van der Waals surface area contributed by atoms with Gasteiger partial charge >= 0.3 is 0 Å². The molecule has 0 unspecified atom stereocenters. The van der Waals surface area contributed by atoms with Crippen LogP contribution >= 0.6 is 35.3 Å². The molecule has 2 rings (SSSR count). The summed E-state index contributed by atoms with van der Waals surface area (Å²) in [6, 6.07) is 4.41. The van der Waals surface area contributed by atoms with Gasteiger partial charge in [-0.05, 0) is 64.4 Å². The molecule has 1 aromatic rings. The van der Waals surface area contributed by atoms with Crippen molar-refractivity contribution in [3.63, 3.8) is 0 Å². The summed E-state index contributed by atoms with van der Waals surface area (Å²) in [6.45, 7) is 10.8. The molecule has 0 aromatic carbocycles. The number of rotatable bonds is 8. The molecule has 2 N–H and O–H groups in total. The van der Waals surface area contributed by atoms with Crippen LogP contribution in [0.3, 0.4) is 0 Å². The van der Waals surface area contributed by atoms with Crippen LogP contribution in [0.25, 0.3) is 0 Å². The number of aryl methyl sites for hydroxylation is 1. The molecule has 1 aliphatic heterocycles. The molecular weight excluding hydrogens is 419 g/mol. The Hall–Kier alpha value is -0.340. The molecule has 6 heteroatoms. The topological polar surface area (TPSA) is 39.7 Å². The van der Waals surface area contributed by atoms with Gasteiger partial charge in [0.2, 0.25) is 0 Å². The highest BCUT2D eigenvalue weighted by molar-refractivity contribution is 14.0. The molecule has 1 saturated heterocycles. The minimum Gasteiger partial charge on any atom is -0.357 e. The Bertz CT molecular complexity index is 455. The number of thiophene rings is 1. The van der Waals surface area contributed by atoms with E-state index in [0.29, 0.717) is 0 Å². The van der Waals surface area contributed by atoms with Crippen molar-refractivity contribution in [2.75, 3.05) is 32.7 Å². The van der Waals surface area contributed by atoms with Gasteiger partial charge in [0.25, 0.3) is 0 Å². The van der Waals surface area contributed by atoms with Gasteiger partial charge in [0.15, 0.2) is 5.96 Å². The maximum atomic E-state index is 4.69. The third-order valence-electron chi connectivity index (χ3n) is 3.95. The minimum atomic E-state index is 0. The third kappa shape index (κ3) is 7.85. The summed E-state index contributed by atoms with van der Waals surface area (Å²) in [5, 5.41) is 6.78. The van der Waals surface area contributed by atoms with E-state index >= 15 is 0 Å². The summed E-state index contributed by atoms with van der Waals surface area (Å²) in [4.78, 5) is 10.0. The zero-order valence-corrected chi connectivity index (χ0v) is 17.6. The van der Waals surface area contributed by atoms with E-state index in [2.05, 4.69) is 41.5 Å². The molecule has 0 radical (unpaired) electrons. The van der Waals surface area contributed by atoms with Gasteiger partial charge in [-0.2, -0.15) is 0 Å². The third-order valence-corrected chi connectivity index (χ3v) is 5.16. The molecule has 0 saturated carbocycles. The normalized spacial score (nSPS) is 15.5. The monoisotopic (exact) mass is 450 g/mol. The number of likely N-dealkylation sites (tertiary alicyclic amines) is 1. The Morgan fingerprint density at radius 2 is 1.91 bits per heavy atom. The first-order valence-electron chi connectivity index (χ1n) is 8.64. The van der Waals surface area contributed by atoms with E-state index in [9.17, 15) is 0 Å². The molecule has 0 atom stereocenters. The van der Waals surface area contributed by atoms with Crippen LogP contribution in [-0.2, 0) is 13.0 Å². The van der Waals surface area contributed by atoms with Crippen LogP contribution in [0.5, 0.6) is 0 Å². The van der Waals surface area contributed by atoms with Gasteiger partial charge in [-0.1, -0.05) is 6.92 Å². The Morgan fingerprint density at radius 1 is 1.17 bits per heavy atom. The number of guanidine groups is 1. The van der Waals surface area contributed by atoms with Gasteiger partial charge in [-0.15, -0.1) is 35.3 Å². The molecule has 0 aliphatic carbocycles. The summed E-state index contributed by atoms with van der Waals surface area (Å²) in [5.74, 6) is 0.940. The van der Waals surface area contributed by atoms with Gasteiger partial charge in [0, 0.05) is 22.8 Å². The van der Waals surface area contributed by atoms with Crippen LogP contribution in [-0.4, -0.2) is 43.6 Å². The number of hydrogen-bond donors (Lipinski definition) is 2. The standard InChI is InChI=1S/C17H30N4S.HI/c1-3-15-8-9-16(22-15)14-20-17(18-4-2)19-10-7-13-21-11-5-6-12-21;/h8-9H,3-7,10-14H2,1-2H3,(H2,18,19,20);1H. The van der Waals surface area contributed by atoms with Crippen molar-refractivity contribution in [1.29, 1.82) is 0 Å². The van der Waals surface area contributed by atoms with Gasteiger partial charge in [0.05, 0.1) is 6.54 Å². The zero-order valence-electron chi connectivity index (χ0n) is 14.4. The van der Waals surface area contributed by atoms with Crippen molar-refractivity contribution < 1.29 is 0 Å². The van der Waals surface area contributed by atoms with Crippen LogP contribution in [0.2, 0.25) is 0 Å². The zero-order chi connectivity index (χ0) is 15.6. The highest BCUT2D eigenvalue weighted by Crippen LogP contribution is 2.17. The van der Waals surface area contributed by atoms with E-state index in [1.165, 1.54) is 48.7 Å². The number of aliphatic imine (C=N–C) groups is 1. The van der Waals surface area contributed by atoms with Crippen molar-refractivity contribution in [1.82, 2.24) is 15.5 Å². The molecule has 1 aromatic heterocycles. The Morgan fingerprint density at radius 3 is 2.57 bits per heavy atom. The van der Waals surface area contributed by atoms with E-state index in [0.717, 1.165) is 32.0 Å². The Labute approximate surface area is 162 Å². The fourth-order valence-corrected chi connectivity index (χ4v) is 3.59. The van der Waals surface area contributed by atoms with Crippen molar-refractivity contribution >= 4 is 41.3 Å². The first-order chi connectivity index (χ1) is 10.8. The minimum absolute atomic E-state index is 0. The van der Waals surface area contributed by atoms with E-state index < -0.39 is 0 Å². The molecule has 23 heavy (non-hydrogen) atoms. The summed E-state index contributed by atoms with van der Waals surface area (Å²) in [6.07, 6.45) is 5.04. The van der Waals surface area contributed by atoms with Crippen LogP contribution in [0.4, 0.5) is 0 Å². The highest BCUT2D eigenvalue weighted by Gasteiger charge is 2.10. The molecule has 2 heterocycles. The highest BCUT2D eigenvalue weighted by atomic mass is 127. The lowest BCUT2D eigenvalue weighted by atomic mass is 10.4. The second kappa shape index (κ2) is 12.1. The van der Waals surface area contributed by atoms with E-state index in [4.69, 9.17) is 4.99 Å². The van der Waals surface area contributed by atoms with E-state index in [1.54, 1.807) is 0 Å². The average molecular weight is 450 g/mol. The molecule has 0 amide bonds. The summed E-state index contributed by atoms with van der Waals surface area (Å²) in [5.41, 5.74) is 0. The molecule has 0 bridgehead atoms. The Balaban J connectivity index is 0.00000264. The average Bonchev–Trinajstić information content (AvgIpc) is 3.20. The molecular formula is C17H31IN4S. The Kier molecular flexibility index (Phi) is 10.9. The first kappa shape index (κ1) is 20.7. The van der Waals surface area contributed by atoms with Gasteiger partial charge in [-0.25, -0.2) is 4.99 Å². The largest absolute Gasteiger partial charge is 0.357 e. The molecule has 1 aliphatic rings. The van der Waals surface area contributed by atoms with Gasteiger partial charge in [0.1, 0.15) is 0 Å². The fourth-order valence-electron chi connectivity index (χ4n) is 2.71. The second-order valence-electron chi connectivity index (χ2n) is 5.75. The maximum absolute atomic E-state index is 4.69. The van der Waals surface area contributed by atoms with Gasteiger partial charge < -0.3 is 15.5 Å². The predicted octanol–water partition coefficient (Wildman–Crippen LogP) is 3.47. The van der Waals surface area contributed by atoms with E-state index in [1.807, 2.05) is 11.3 Å². The van der Waals surface area contributed by atoms with Crippen molar-refractivity contribution in [3.8, 4) is 0 Å². The molecule has 1 fully saturated rings. The lowest BCUT2D eigenvalue weighted by Crippen LogP contribution is -2.38. The van der Waals surface area contributed by atoms with Crippen LogP contribution < -0.4 is 10.6 Å². The van der Waals surface area contributed by atoms with Crippen LogP contribution in [0, 0.1) is 0 Å². The van der Waals surface area contributed by atoms with Crippen LogP contribution in [0.15, 0.2) is 17.1 Å². The molecule has 132 valence electrons. The predicted molar refractivity (Wildman–Crippen MR) is 112 cm³/mol. The van der Waals surface area contributed by atoms with Gasteiger partial charge in [-0.3, -0.25) is 0 Å². The number of nitrogens with zero attached hydrogens (tertiary/aromatic N) is 2. The van der Waals surface area contributed by atoms with Crippen molar-refractivity contribution in [2.24, 2.45) is 4.99 Å². The lowest BCUT2D eigenvalue weighted by Gasteiger charge is -2.15. The number of nitrogens with one attached hydrogen (secondary N) is 2. The first-order valence-corrected chi connectivity index (χ1v) is 9.45. The molecule has 0 spiro atoms. The lowest BCUT2D eigenvalue weighted by molar-refractivity contribution is 0.334. The van der Waals surface area contributed by atoms with Crippen molar-refractivity contribution in [3.05, 3.63) is 21.9 Å². The summed E-state index contributed by atoms with van der Waals surface area (Å²) in [7, 11) is 0. The quantitative estimate of drug-likeness (QED) is 0.276. The van der Waals surface area contributed by atoms with E-state index in [-0.39, 0.29) is 24.0 Å². The second-order valence-corrected chi connectivity index (χ2v) is 7.00. The molecule has 4 nitrogen and oxygen atoms in total. The fraction of sp³-hybridized carbons (Fsp3) is 0.706. The summed E-state index contributed by atoms with van der Waals surface area (Å²) >= 11 is 1.87. The maximum Gasteiger partial charge on any atom is 0.191 e. The summed E-state index contributed by atoms with van der Waals surface area (Å²) < 4.78 is 0. The van der Waals surface area contributed by atoms with Crippen molar-refractivity contribution in [2.45, 2.75) is 46.1 Å². The number of hydrogen-bond acceptors (Lipinski definition) is 3. The van der Waals surface area contributed by atoms with Crippen LogP contribution in [0.1, 0.15) is 42.9 Å². The smallest absolute Gasteiger partial charge is 0.191 e. The number of halogens is 1. The SMILES string of the molecule is CCNC(=NCc1ccc(CC)s1)NCCCN1CCCC1.I.